The van der Waals surface area contributed by atoms with Gasteiger partial charge in [-0.2, -0.15) is 0 Å². The molecule has 4 heteroatoms. The van der Waals surface area contributed by atoms with Gasteiger partial charge in [0.15, 0.2) is 11.6 Å². The zero-order chi connectivity index (χ0) is 11.6. The molecule has 3 nitrogen and oxygen atoms in total. The quantitative estimate of drug-likeness (QED) is 0.835. The molecule has 1 aromatic rings. The summed E-state index contributed by atoms with van der Waals surface area (Å²) in [5, 5.41) is 8.93. The Morgan fingerprint density at radius 2 is 2.12 bits per heavy atom. The number of para-hydroxylation sites is 1. The number of ether oxygens (including phenoxy) is 1. The number of halogens is 1. The van der Waals surface area contributed by atoms with Crippen LogP contribution in [0.5, 0.6) is 5.75 Å². The first kappa shape index (κ1) is 10.9. The Labute approximate surface area is 92.9 Å². The van der Waals surface area contributed by atoms with Crippen LogP contribution in [0.25, 0.3) is 0 Å². The van der Waals surface area contributed by atoms with Gasteiger partial charge in [0.1, 0.15) is 0 Å². The van der Waals surface area contributed by atoms with Crippen LogP contribution in [-0.2, 0) is 4.79 Å². The van der Waals surface area contributed by atoms with E-state index in [9.17, 15) is 9.18 Å². The highest BCUT2D eigenvalue weighted by Crippen LogP contribution is 2.48. The topological polar surface area (TPSA) is 46.5 Å². The Balaban J connectivity index is 1.85. The second-order valence-electron chi connectivity index (χ2n) is 4.11. The summed E-state index contributed by atoms with van der Waals surface area (Å²) in [5.74, 6) is -1.00. The van der Waals surface area contributed by atoms with Crippen molar-refractivity contribution < 1.29 is 19.0 Å². The van der Waals surface area contributed by atoms with E-state index < -0.39 is 17.2 Å². The summed E-state index contributed by atoms with van der Waals surface area (Å²) in [7, 11) is 0. The molecule has 0 aromatic heterocycles. The van der Waals surface area contributed by atoms with E-state index in [1.165, 1.54) is 12.1 Å². The third kappa shape index (κ3) is 2.15. The summed E-state index contributed by atoms with van der Waals surface area (Å²) in [6.07, 6.45) is 1.84. The highest BCUT2D eigenvalue weighted by Gasteiger charge is 2.49. The molecule has 0 heterocycles. The average molecular weight is 224 g/mol. The number of carbonyl (C=O) groups is 1. The third-order valence-corrected chi connectivity index (χ3v) is 2.98. The molecular formula is C12H13FO3. The van der Waals surface area contributed by atoms with Gasteiger partial charge in [-0.25, -0.2) is 4.39 Å². The van der Waals surface area contributed by atoms with Crippen molar-refractivity contribution in [1.29, 1.82) is 0 Å². The summed E-state index contributed by atoms with van der Waals surface area (Å²) < 4.78 is 18.4. The summed E-state index contributed by atoms with van der Waals surface area (Å²) in [5.41, 5.74) is -0.606. The second kappa shape index (κ2) is 4.12. The zero-order valence-electron chi connectivity index (χ0n) is 8.78. The summed E-state index contributed by atoms with van der Waals surface area (Å²) >= 11 is 0. The molecule has 0 atom stereocenters. The predicted molar refractivity (Wildman–Crippen MR) is 55.8 cm³/mol. The number of carboxylic acid groups (broad SMARTS) is 1. The third-order valence-electron chi connectivity index (χ3n) is 2.98. The molecule has 1 aliphatic rings. The van der Waals surface area contributed by atoms with E-state index in [4.69, 9.17) is 9.84 Å². The van der Waals surface area contributed by atoms with Crippen LogP contribution < -0.4 is 4.74 Å². The maximum atomic E-state index is 13.1. The number of rotatable bonds is 5. The molecule has 16 heavy (non-hydrogen) atoms. The van der Waals surface area contributed by atoms with Gasteiger partial charge in [-0.15, -0.1) is 0 Å². The molecule has 0 aliphatic heterocycles. The van der Waals surface area contributed by atoms with E-state index in [2.05, 4.69) is 0 Å². The maximum Gasteiger partial charge on any atom is 0.309 e. The number of hydrogen-bond donors (Lipinski definition) is 1. The van der Waals surface area contributed by atoms with Crippen molar-refractivity contribution in [2.75, 3.05) is 6.61 Å². The van der Waals surface area contributed by atoms with Crippen molar-refractivity contribution in [3.05, 3.63) is 30.1 Å². The average Bonchev–Trinajstić information content (AvgIpc) is 3.02. The Morgan fingerprint density at radius 3 is 2.69 bits per heavy atom. The van der Waals surface area contributed by atoms with E-state index in [1.807, 2.05) is 0 Å². The van der Waals surface area contributed by atoms with Crippen molar-refractivity contribution in [3.63, 3.8) is 0 Å². The first-order valence-corrected chi connectivity index (χ1v) is 5.25. The van der Waals surface area contributed by atoms with Gasteiger partial charge in [0.05, 0.1) is 12.0 Å². The number of benzene rings is 1. The van der Waals surface area contributed by atoms with Crippen LogP contribution in [0.2, 0.25) is 0 Å². The largest absolute Gasteiger partial charge is 0.490 e. The molecule has 0 unspecified atom stereocenters. The zero-order valence-corrected chi connectivity index (χ0v) is 8.78. The van der Waals surface area contributed by atoms with E-state index in [-0.39, 0.29) is 12.4 Å². The highest BCUT2D eigenvalue weighted by atomic mass is 19.1. The van der Waals surface area contributed by atoms with Crippen molar-refractivity contribution in [2.24, 2.45) is 5.41 Å². The van der Waals surface area contributed by atoms with Gasteiger partial charge in [-0.1, -0.05) is 12.1 Å². The normalized spacial score (nSPS) is 16.8. The van der Waals surface area contributed by atoms with Gasteiger partial charge in [-0.3, -0.25) is 4.79 Å². The van der Waals surface area contributed by atoms with Gasteiger partial charge in [0.25, 0.3) is 0 Å². The van der Waals surface area contributed by atoms with Crippen molar-refractivity contribution in [3.8, 4) is 5.75 Å². The van der Waals surface area contributed by atoms with E-state index in [0.29, 0.717) is 19.3 Å². The molecule has 0 radical (unpaired) electrons. The van der Waals surface area contributed by atoms with Crippen LogP contribution in [-0.4, -0.2) is 17.7 Å². The number of carboxylic acids is 1. The fourth-order valence-electron chi connectivity index (χ4n) is 1.64. The predicted octanol–water partition coefficient (Wildman–Crippen LogP) is 2.46. The molecule has 1 fully saturated rings. The lowest BCUT2D eigenvalue weighted by Crippen LogP contribution is -2.18. The summed E-state index contributed by atoms with van der Waals surface area (Å²) in [6.45, 7) is 0.243. The van der Waals surface area contributed by atoms with E-state index >= 15 is 0 Å². The molecule has 2 rings (SSSR count). The lowest BCUT2D eigenvalue weighted by Gasteiger charge is -2.11. The smallest absolute Gasteiger partial charge is 0.309 e. The first-order chi connectivity index (χ1) is 7.64. The van der Waals surface area contributed by atoms with Gasteiger partial charge in [-0.05, 0) is 31.4 Å². The molecule has 1 aliphatic carbocycles. The molecule has 1 aromatic carbocycles. The lowest BCUT2D eigenvalue weighted by molar-refractivity contribution is -0.143. The Hall–Kier alpha value is -1.58. The molecule has 1 saturated carbocycles. The van der Waals surface area contributed by atoms with Crippen LogP contribution in [0.15, 0.2) is 24.3 Å². The molecule has 0 amide bonds. The van der Waals surface area contributed by atoms with Gasteiger partial charge >= 0.3 is 5.97 Å². The highest BCUT2D eigenvalue weighted by molar-refractivity contribution is 5.77. The minimum atomic E-state index is -0.773. The molecule has 1 N–H and O–H groups in total. The van der Waals surface area contributed by atoms with Gasteiger partial charge < -0.3 is 9.84 Å². The first-order valence-electron chi connectivity index (χ1n) is 5.25. The number of hydrogen-bond acceptors (Lipinski definition) is 2. The fraction of sp³-hybridized carbons (Fsp3) is 0.417. The molecule has 86 valence electrons. The molecule has 0 bridgehead atoms. The monoisotopic (exact) mass is 224 g/mol. The standard InChI is InChI=1S/C12H13FO3/c13-9-3-1-2-4-10(9)16-8-7-12(5-6-12)11(14)15/h1-4H,5-8H2,(H,14,15). The minimum absolute atomic E-state index is 0.184. The lowest BCUT2D eigenvalue weighted by atomic mass is 10.0. The maximum absolute atomic E-state index is 13.1. The van der Waals surface area contributed by atoms with Gasteiger partial charge in [0.2, 0.25) is 0 Å². The van der Waals surface area contributed by atoms with Crippen LogP contribution in [0.3, 0.4) is 0 Å². The molecule has 0 saturated heterocycles. The van der Waals surface area contributed by atoms with Crippen LogP contribution in [0, 0.1) is 11.2 Å². The molecular weight excluding hydrogens is 211 g/mol. The summed E-state index contributed by atoms with van der Waals surface area (Å²) in [4.78, 5) is 10.9. The molecule has 0 spiro atoms. The number of aliphatic carboxylic acids is 1. The fourth-order valence-corrected chi connectivity index (χ4v) is 1.64. The van der Waals surface area contributed by atoms with Crippen LogP contribution in [0.4, 0.5) is 4.39 Å². The van der Waals surface area contributed by atoms with E-state index in [0.717, 1.165) is 0 Å². The summed E-state index contributed by atoms with van der Waals surface area (Å²) in [6, 6.07) is 6.12. The van der Waals surface area contributed by atoms with Crippen LogP contribution >= 0.6 is 0 Å². The van der Waals surface area contributed by atoms with E-state index in [1.54, 1.807) is 12.1 Å². The SMILES string of the molecule is O=C(O)C1(CCOc2ccccc2F)CC1. The van der Waals surface area contributed by atoms with Crippen molar-refractivity contribution in [2.45, 2.75) is 19.3 Å². The van der Waals surface area contributed by atoms with Crippen molar-refractivity contribution in [1.82, 2.24) is 0 Å². The minimum Gasteiger partial charge on any atom is -0.490 e. The Morgan fingerprint density at radius 1 is 1.44 bits per heavy atom. The Bertz CT molecular complexity index is 399. The Kier molecular flexibility index (Phi) is 2.81. The second-order valence-corrected chi connectivity index (χ2v) is 4.11. The van der Waals surface area contributed by atoms with Crippen LogP contribution in [0.1, 0.15) is 19.3 Å². The van der Waals surface area contributed by atoms with Crippen molar-refractivity contribution >= 4 is 5.97 Å². The van der Waals surface area contributed by atoms with Gasteiger partial charge in [0, 0.05) is 0 Å².